The number of ether oxygens (including phenoxy) is 1. The third-order valence-corrected chi connectivity index (χ3v) is 3.07. The molecule has 0 radical (unpaired) electrons. The summed E-state index contributed by atoms with van der Waals surface area (Å²) < 4.78 is 20.8. The Hall–Kier alpha value is -2.43. The van der Waals surface area contributed by atoms with Crippen molar-refractivity contribution in [2.24, 2.45) is 0 Å². The van der Waals surface area contributed by atoms with Crippen molar-refractivity contribution in [1.82, 2.24) is 9.55 Å². The Labute approximate surface area is 122 Å². The fraction of sp³-hybridized carbons (Fsp3) is 0.250. The van der Waals surface area contributed by atoms with Gasteiger partial charge >= 0.3 is 0 Å². The van der Waals surface area contributed by atoms with Gasteiger partial charge in [0, 0.05) is 12.6 Å². The summed E-state index contributed by atoms with van der Waals surface area (Å²) in [5.41, 5.74) is 2.27. The van der Waals surface area contributed by atoms with Crippen molar-refractivity contribution in [3.05, 3.63) is 47.8 Å². The van der Waals surface area contributed by atoms with Gasteiger partial charge in [-0.3, -0.25) is 4.79 Å². The maximum atomic E-state index is 13.6. The quantitative estimate of drug-likeness (QED) is 0.791. The molecule has 0 amide bonds. The van der Waals surface area contributed by atoms with E-state index in [1.807, 2.05) is 17.7 Å². The lowest BCUT2D eigenvalue weighted by Crippen LogP contribution is -1.97. The van der Waals surface area contributed by atoms with Crippen LogP contribution in [0, 0.1) is 6.92 Å². The Bertz CT molecular complexity index is 689. The van der Waals surface area contributed by atoms with Gasteiger partial charge in [-0.2, -0.15) is 0 Å². The summed E-state index contributed by atoms with van der Waals surface area (Å²) in [5.74, 6) is -0.674. The van der Waals surface area contributed by atoms with Crippen molar-refractivity contribution < 1.29 is 13.9 Å². The molecule has 0 saturated carbocycles. The van der Waals surface area contributed by atoms with Crippen molar-refractivity contribution in [2.45, 2.75) is 20.3 Å². The van der Waals surface area contributed by atoms with Crippen molar-refractivity contribution >= 4 is 11.9 Å². The highest BCUT2D eigenvalue weighted by Crippen LogP contribution is 2.25. The van der Waals surface area contributed by atoms with Crippen LogP contribution in [0.3, 0.4) is 0 Å². The minimum Gasteiger partial charge on any atom is -0.495 e. The molecule has 110 valence electrons. The average Bonchev–Trinajstić information content (AvgIpc) is 2.92. The van der Waals surface area contributed by atoms with E-state index in [2.05, 4.69) is 4.98 Å². The van der Waals surface area contributed by atoms with Crippen LogP contribution in [0.2, 0.25) is 0 Å². The van der Waals surface area contributed by atoms with E-state index in [-0.39, 0.29) is 6.42 Å². The summed E-state index contributed by atoms with van der Waals surface area (Å²) in [4.78, 5) is 15.4. The molecule has 0 aliphatic carbocycles. The number of ketones is 1. The number of methoxy groups -OCH3 is 1. The lowest BCUT2D eigenvalue weighted by molar-refractivity contribution is -0.116. The third-order valence-electron chi connectivity index (χ3n) is 3.07. The van der Waals surface area contributed by atoms with Gasteiger partial charge in [-0.15, -0.1) is 0 Å². The number of hydrogen-bond donors (Lipinski definition) is 0. The van der Waals surface area contributed by atoms with Gasteiger partial charge in [-0.25, -0.2) is 9.37 Å². The second-order valence-corrected chi connectivity index (χ2v) is 4.62. The summed E-state index contributed by atoms with van der Waals surface area (Å²) >= 11 is 0. The van der Waals surface area contributed by atoms with E-state index in [9.17, 15) is 9.18 Å². The highest BCUT2D eigenvalue weighted by molar-refractivity contribution is 5.97. The van der Waals surface area contributed by atoms with Crippen LogP contribution in [-0.2, 0) is 4.79 Å². The van der Waals surface area contributed by atoms with Crippen LogP contribution in [-0.4, -0.2) is 22.4 Å². The van der Waals surface area contributed by atoms with Crippen LogP contribution in [0.1, 0.15) is 24.6 Å². The van der Waals surface area contributed by atoms with Gasteiger partial charge in [-0.1, -0.05) is 13.0 Å². The van der Waals surface area contributed by atoms with Crippen LogP contribution < -0.4 is 4.74 Å². The molecule has 2 aromatic rings. The van der Waals surface area contributed by atoms with E-state index in [0.29, 0.717) is 11.3 Å². The summed E-state index contributed by atoms with van der Waals surface area (Å²) in [6, 6.07) is 5.22. The number of allylic oxidation sites excluding steroid dienone is 1. The van der Waals surface area contributed by atoms with Gasteiger partial charge in [0.1, 0.15) is 5.75 Å². The molecule has 1 aromatic heterocycles. The number of aromatic nitrogens is 2. The van der Waals surface area contributed by atoms with Crippen LogP contribution in [0.4, 0.5) is 4.39 Å². The second kappa shape index (κ2) is 6.35. The highest BCUT2D eigenvalue weighted by atomic mass is 19.1. The van der Waals surface area contributed by atoms with E-state index in [4.69, 9.17) is 4.74 Å². The zero-order chi connectivity index (χ0) is 15.4. The zero-order valence-electron chi connectivity index (χ0n) is 12.3. The molecule has 0 unspecified atom stereocenters. The van der Waals surface area contributed by atoms with Crippen LogP contribution in [0.5, 0.6) is 5.75 Å². The Balaban J connectivity index is 2.39. The normalized spacial score (nSPS) is 11.5. The fourth-order valence-corrected chi connectivity index (χ4v) is 1.95. The van der Waals surface area contributed by atoms with Gasteiger partial charge in [0.2, 0.25) is 0 Å². The molecule has 1 aromatic carbocycles. The Morgan fingerprint density at radius 3 is 2.81 bits per heavy atom. The monoisotopic (exact) mass is 288 g/mol. The SMILES string of the molecule is CCC(=O)/C(F)=C/c1ccc(-n2cnc(C)c2)c(OC)c1. The van der Waals surface area contributed by atoms with Gasteiger partial charge in [0.25, 0.3) is 0 Å². The Kier molecular flexibility index (Phi) is 4.52. The van der Waals surface area contributed by atoms with Crippen molar-refractivity contribution in [3.8, 4) is 11.4 Å². The molecule has 4 nitrogen and oxygen atoms in total. The van der Waals surface area contributed by atoms with Crippen molar-refractivity contribution in [2.75, 3.05) is 7.11 Å². The molecule has 1 heterocycles. The number of carbonyl (C=O) groups is 1. The van der Waals surface area contributed by atoms with Crippen LogP contribution in [0.15, 0.2) is 36.6 Å². The van der Waals surface area contributed by atoms with Gasteiger partial charge in [0.05, 0.1) is 24.8 Å². The predicted molar refractivity (Wildman–Crippen MR) is 79.2 cm³/mol. The zero-order valence-corrected chi connectivity index (χ0v) is 12.3. The van der Waals surface area contributed by atoms with E-state index < -0.39 is 11.6 Å². The smallest absolute Gasteiger partial charge is 0.190 e. The van der Waals surface area contributed by atoms with Gasteiger partial charge < -0.3 is 9.30 Å². The third kappa shape index (κ3) is 3.37. The molecule has 0 bridgehead atoms. The summed E-state index contributed by atoms with van der Waals surface area (Å²) in [6.45, 7) is 3.52. The summed E-state index contributed by atoms with van der Waals surface area (Å²) in [7, 11) is 1.55. The first kappa shape index (κ1) is 15.0. The number of aryl methyl sites for hydroxylation is 1. The van der Waals surface area contributed by atoms with Crippen LogP contribution in [0.25, 0.3) is 11.8 Å². The van der Waals surface area contributed by atoms with Crippen LogP contribution >= 0.6 is 0 Å². The Morgan fingerprint density at radius 1 is 1.48 bits per heavy atom. The number of hydrogen-bond acceptors (Lipinski definition) is 3. The number of rotatable bonds is 5. The van der Waals surface area contributed by atoms with E-state index in [1.165, 1.54) is 6.08 Å². The number of Topliss-reactive ketones (excluding diaryl/α,β-unsaturated/α-hetero) is 1. The standard InChI is InChI=1S/C16H17FN2O2/c1-4-15(20)13(17)7-12-5-6-14(16(8-12)21-3)19-9-11(2)18-10-19/h5-10H,4H2,1-3H3/b13-7-. The number of nitrogens with zero attached hydrogens (tertiary/aromatic N) is 2. The molecule has 0 atom stereocenters. The molecular formula is C16H17FN2O2. The largest absolute Gasteiger partial charge is 0.495 e. The maximum Gasteiger partial charge on any atom is 0.190 e. The molecule has 5 heteroatoms. The molecule has 0 aliphatic rings. The predicted octanol–water partition coefficient (Wildman–Crippen LogP) is 3.48. The van der Waals surface area contributed by atoms with Crippen molar-refractivity contribution in [3.63, 3.8) is 0 Å². The lowest BCUT2D eigenvalue weighted by atomic mass is 10.1. The Morgan fingerprint density at radius 2 is 2.24 bits per heavy atom. The fourth-order valence-electron chi connectivity index (χ4n) is 1.95. The first-order valence-electron chi connectivity index (χ1n) is 6.64. The molecule has 0 spiro atoms. The minimum absolute atomic E-state index is 0.145. The van der Waals surface area contributed by atoms with Gasteiger partial charge in [0.15, 0.2) is 11.6 Å². The summed E-state index contributed by atoms with van der Waals surface area (Å²) in [6.07, 6.45) is 4.92. The van der Waals surface area contributed by atoms with E-state index in [1.54, 1.807) is 38.6 Å². The van der Waals surface area contributed by atoms with Crippen molar-refractivity contribution in [1.29, 1.82) is 0 Å². The average molecular weight is 288 g/mol. The van der Waals surface area contributed by atoms with E-state index in [0.717, 1.165) is 11.4 Å². The first-order valence-corrected chi connectivity index (χ1v) is 6.64. The number of benzene rings is 1. The lowest BCUT2D eigenvalue weighted by Gasteiger charge is -2.10. The number of imidazole rings is 1. The molecule has 21 heavy (non-hydrogen) atoms. The molecule has 0 aliphatic heterocycles. The molecule has 0 saturated heterocycles. The van der Waals surface area contributed by atoms with E-state index >= 15 is 0 Å². The van der Waals surface area contributed by atoms with Gasteiger partial charge in [-0.05, 0) is 30.7 Å². The molecule has 2 rings (SSSR count). The summed E-state index contributed by atoms with van der Waals surface area (Å²) in [5, 5.41) is 0. The molecule has 0 fully saturated rings. The second-order valence-electron chi connectivity index (χ2n) is 4.62. The highest BCUT2D eigenvalue weighted by Gasteiger charge is 2.09. The molecule has 0 N–H and O–H groups in total. The minimum atomic E-state index is -0.745. The molecular weight excluding hydrogens is 271 g/mol. The topological polar surface area (TPSA) is 44.1 Å². The maximum absolute atomic E-state index is 13.6. The number of halogens is 1. The first-order chi connectivity index (χ1) is 10.0. The number of carbonyl (C=O) groups excluding carboxylic acids is 1.